The van der Waals surface area contributed by atoms with E-state index in [0.29, 0.717) is 23.6 Å². The first-order valence-corrected chi connectivity index (χ1v) is 10.1. The molecule has 2 N–H and O–H groups in total. The topological polar surface area (TPSA) is 86.7 Å². The molecule has 0 aromatic heterocycles. The zero-order chi connectivity index (χ0) is 20.2. The first-order valence-electron chi connectivity index (χ1n) is 8.98. The molecule has 6 nitrogen and oxygen atoms in total. The smallest absolute Gasteiger partial charge is 0.315 e. The molecule has 1 aromatic rings. The number of hydrogen-bond donors (Lipinski definition) is 2. The monoisotopic (exact) mass is 392 g/mol. The van der Waals surface area contributed by atoms with Gasteiger partial charge in [0.25, 0.3) is 0 Å². The summed E-state index contributed by atoms with van der Waals surface area (Å²) in [7, 11) is 0. The fourth-order valence-corrected chi connectivity index (χ4v) is 4.13. The Morgan fingerprint density at radius 2 is 1.81 bits per heavy atom. The molecule has 0 bridgehead atoms. The van der Waals surface area contributed by atoms with Gasteiger partial charge in [-0.05, 0) is 17.9 Å². The Morgan fingerprint density at radius 1 is 1.19 bits per heavy atom. The van der Waals surface area contributed by atoms with Crippen LogP contribution in [0.15, 0.2) is 30.3 Å². The van der Waals surface area contributed by atoms with E-state index < -0.39 is 17.4 Å². The number of thioether (sulfide) groups is 1. The Balaban J connectivity index is 2.07. The van der Waals surface area contributed by atoms with Crippen LogP contribution in [0.1, 0.15) is 39.7 Å². The summed E-state index contributed by atoms with van der Waals surface area (Å²) in [6.07, 6.45) is 0.369. The van der Waals surface area contributed by atoms with E-state index in [1.54, 1.807) is 36.1 Å². The molecule has 1 fully saturated rings. The minimum Gasteiger partial charge on any atom is -0.481 e. The number of carboxylic acid groups (broad SMARTS) is 1. The van der Waals surface area contributed by atoms with Crippen LogP contribution >= 0.6 is 11.8 Å². The summed E-state index contributed by atoms with van der Waals surface area (Å²) >= 11 is 1.54. The molecule has 0 radical (unpaired) electrons. The summed E-state index contributed by atoms with van der Waals surface area (Å²) in [6.45, 7) is 7.52. The summed E-state index contributed by atoms with van der Waals surface area (Å²) in [5, 5.41) is 12.5. The van der Waals surface area contributed by atoms with Crippen LogP contribution in [-0.4, -0.2) is 52.0 Å². The van der Waals surface area contributed by atoms with Crippen LogP contribution in [0.4, 0.5) is 0 Å². The molecular formula is C20H28N2O4S. The van der Waals surface area contributed by atoms with E-state index in [2.05, 4.69) is 5.32 Å². The molecule has 0 aliphatic carbocycles. The zero-order valence-corrected chi connectivity index (χ0v) is 17.1. The van der Waals surface area contributed by atoms with E-state index in [1.165, 1.54) is 11.8 Å². The zero-order valence-electron chi connectivity index (χ0n) is 16.3. The molecular weight excluding hydrogens is 364 g/mol. The average Bonchev–Trinajstić information content (AvgIpc) is 3.08. The lowest BCUT2D eigenvalue weighted by atomic mass is 9.82. The second-order valence-electron chi connectivity index (χ2n) is 8.34. The van der Waals surface area contributed by atoms with E-state index in [1.807, 2.05) is 26.8 Å². The Kier molecular flexibility index (Phi) is 6.57. The van der Waals surface area contributed by atoms with E-state index in [0.717, 1.165) is 0 Å². The number of carbonyl (C=O) groups excluding carboxylic acids is 2. The third kappa shape index (κ3) is 5.25. The fourth-order valence-electron chi connectivity index (χ4n) is 2.95. The fraction of sp³-hybridized carbons (Fsp3) is 0.550. The van der Waals surface area contributed by atoms with Gasteiger partial charge in [0.05, 0.1) is 5.88 Å². The summed E-state index contributed by atoms with van der Waals surface area (Å²) in [5.74, 6) is -0.337. The van der Waals surface area contributed by atoms with Crippen LogP contribution < -0.4 is 5.32 Å². The van der Waals surface area contributed by atoms with Crippen LogP contribution in [0, 0.1) is 5.41 Å². The number of benzene rings is 1. The summed E-state index contributed by atoms with van der Waals surface area (Å²) < 4.78 is 0. The van der Waals surface area contributed by atoms with Gasteiger partial charge in [0.15, 0.2) is 0 Å². The average molecular weight is 393 g/mol. The Morgan fingerprint density at radius 3 is 2.37 bits per heavy atom. The molecule has 27 heavy (non-hydrogen) atoms. The Hall–Kier alpha value is -2.02. The van der Waals surface area contributed by atoms with Gasteiger partial charge in [0.2, 0.25) is 11.8 Å². The Labute approximate surface area is 164 Å². The SMILES string of the molecule is CC(C)(C)CC(=O)N1CSCC1C(=O)NCC(C)(C(=O)O)c1ccccc1. The summed E-state index contributed by atoms with van der Waals surface area (Å²) in [6, 6.07) is 8.30. The molecule has 1 aliphatic rings. The number of rotatable bonds is 6. The van der Waals surface area contributed by atoms with Crippen molar-refractivity contribution < 1.29 is 19.5 Å². The highest BCUT2D eigenvalue weighted by atomic mass is 32.2. The van der Waals surface area contributed by atoms with E-state index in [-0.39, 0.29) is 23.8 Å². The second-order valence-corrected chi connectivity index (χ2v) is 9.34. The van der Waals surface area contributed by atoms with Crippen LogP contribution in [-0.2, 0) is 19.8 Å². The highest BCUT2D eigenvalue weighted by Gasteiger charge is 2.39. The second kappa shape index (κ2) is 8.33. The van der Waals surface area contributed by atoms with Gasteiger partial charge in [-0.25, -0.2) is 0 Å². The molecule has 1 aliphatic heterocycles. The maximum atomic E-state index is 12.7. The number of nitrogens with one attached hydrogen (secondary N) is 1. The minimum absolute atomic E-state index is 0.0341. The predicted octanol–water partition coefficient (Wildman–Crippen LogP) is 2.48. The molecule has 2 rings (SSSR count). The summed E-state index contributed by atoms with van der Waals surface area (Å²) in [4.78, 5) is 38.7. The number of aliphatic carboxylic acids is 1. The standard InChI is InChI=1S/C20H28N2O4S/c1-19(2,3)10-16(23)22-13-27-11-15(22)17(24)21-12-20(4,18(25)26)14-8-6-5-7-9-14/h5-9,15H,10-13H2,1-4H3,(H,21,24)(H,25,26). The van der Waals surface area contributed by atoms with Gasteiger partial charge in [0, 0.05) is 18.7 Å². The van der Waals surface area contributed by atoms with Gasteiger partial charge in [-0.15, -0.1) is 11.8 Å². The molecule has 2 amide bonds. The van der Waals surface area contributed by atoms with Crippen molar-refractivity contribution in [3.05, 3.63) is 35.9 Å². The first kappa shape index (κ1) is 21.3. The van der Waals surface area contributed by atoms with Crippen LogP contribution in [0.5, 0.6) is 0 Å². The first-order chi connectivity index (χ1) is 12.5. The number of hydrogen-bond acceptors (Lipinski definition) is 4. The maximum absolute atomic E-state index is 12.7. The molecule has 2 atom stereocenters. The maximum Gasteiger partial charge on any atom is 0.315 e. The van der Waals surface area contributed by atoms with Crippen molar-refractivity contribution >= 4 is 29.5 Å². The summed E-state index contributed by atoms with van der Waals surface area (Å²) in [5.41, 5.74) is -0.761. The quantitative estimate of drug-likeness (QED) is 0.777. The molecule has 148 valence electrons. The lowest BCUT2D eigenvalue weighted by Crippen LogP contribution is -2.52. The number of carbonyl (C=O) groups is 3. The molecule has 1 saturated heterocycles. The molecule has 1 aromatic carbocycles. The van der Waals surface area contributed by atoms with Gasteiger partial charge in [-0.3, -0.25) is 14.4 Å². The van der Waals surface area contributed by atoms with E-state index in [4.69, 9.17) is 0 Å². The third-order valence-corrected chi connectivity index (χ3v) is 5.70. The van der Waals surface area contributed by atoms with Crippen molar-refractivity contribution in [2.75, 3.05) is 18.2 Å². The lowest BCUT2D eigenvalue weighted by molar-refractivity contribution is -0.144. The van der Waals surface area contributed by atoms with Crippen molar-refractivity contribution in [1.29, 1.82) is 0 Å². The number of nitrogens with zero attached hydrogens (tertiary/aromatic N) is 1. The molecule has 2 unspecified atom stereocenters. The van der Waals surface area contributed by atoms with Gasteiger partial charge in [0.1, 0.15) is 11.5 Å². The predicted molar refractivity (Wildman–Crippen MR) is 106 cm³/mol. The highest BCUT2D eigenvalue weighted by Crippen LogP contribution is 2.27. The van der Waals surface area contributed by atoms with E-state index >= 15 is 0 Å². The van der Waals surface area contributed by atoms with Gasteiger partial charge in [-0.1, -0.05) is 51.1 Å². The number of carboxylic acids is 1. The van der Waals surface area contributed by atoms with Gasteiger partial charge < -0.3 is 15.3 Å². The van der Waals surface area contributed by atoms with Crippen molar-refractivity contribution in [3.8, 4) is 0 Å². The normalized spacial score (nSPS) is 19.4. The van der Waals surface area contributed by atoms with Crippen molar-refractivity contribution in [1.82, 2.24) is 10.2 Å². The number of amides is 2. The van der Waals surface area contributed by atoms with Gasteiger partial charge >= 0.3 is 5.97 Å². The molecule has 0 spiro atoms. The minimum atomic E-state index is -1.23. The van der Waals surface area contributed by atoms with Crippen molar-refractivity contribution in [2.24, 2.45) is 5.41 Å². The van der Waals surface area contributed by atoms with E-state index in [9.17, 15) is 19.5 Å². The van der Waals surface area contributed by atoms with Crippen molar-refractivity contribution in [3.63, 3.8) is 0 Å². The third-order valence-electron chi connectivity index (χ3n) is 4.69. The molecule has 7 heteroatoms. The lowest BCUT2D eigenvalue weighted by Gasteiger charge is -2.29. The highest BCUT2D eigenvalue weighted by molar-refractivity contribution is 7.99. The molecule has 1 heterocycles. The van der Waals surface area contributed by atoms with Crippen LogP contribution in [0.3, 0.4) is 0 Å². The van der Waals surface area contributed by atoms with Crippen molar-refractivity contribution in [2.45, 2.75) is 45.6 Å². The molecule has 0 saturated carbocycles. The van der Waals surface area contributed by atoms with Crippen LogP contribution in [0.2, 0.25) is 0 Å². The van der Waals surface area contributed by atoms with Gasteiger partial charge in [-0.2, -0.15) is 0 Å². The van der Waals surface area contributed by atoms with Crippen LogP contribution in [0.25, 0.3) is 0 Å². The Bertz CT molecular complexity index is 702. The largest absolute Gasteiger partial charge is 0.481 e.